The van der Waals surface area contributed by atoms with E-state index in [9.17, 15) is 9.70 Å². The molecule has 0 aliphatic carbocycles. The molecule has 1 heterocycles. The number of aryl methyl sites for hydroxylation is 2. The Morgan fingerprint density at radius 2 is 1.71 bits per heavy atom. The number of hydrogen-bond donors (Lipinski definition) is 0. The normalized spacial score (nSPS) is 13.1. The summed E-state index contributed by atoms with van der Waals surface area (Å²) >= 11 is 6.77. The van der Waals surface area contributed by atoms with Crippen LogP contribution < -0.4 is 5.56 Å². The summed E-state index contributed by atoms with van der Waals surface area (Å²) < 4.78 is 2.91. The van der Waals surface area contributed by atoms with Crippen LogP contribution in [0.25, 0.3) is 0 Å². The van der Waals surface area contributed by atoms with E-state index in [-0.39, 0.29) is 11.5 Å². The van der Waals surface area contributed by atoms with Crippen LogP contribution in [0.15, 0.2) is 79.7 Å². The zero-order chi connectivity index (χ0) is 20.3. The lowest BCUT2D eigenvalue weighted by Crippen LogP contribution is -2.18. The molecule has 0 spiro atoms. The van der Waals surface area contributed by atoms with Crippen molar-refractivity contribution in [1.82, 2.24) is 4.57 Å². The largest absolute Gasteiger partial charge is 0.317 e. The van der Waals surface area contributed by atoms with E-state index in [0.717, 1.165) is 15.6 Å². The SMILES string of the molecule is Cc1ccccc1[C@H](CC(N=O)c1cc(Br)c(=O)n(C)c1)c1ccc(Br)cc1. The Morgan fingerprint density at radius 1 is 1.04 bits per heavy atom. The van der Waals surface area contributed by atoms with Gasteiger partial charge in [0.05, 0.1) is 4.47 Å². The average molecular weight is 504 g/mol. The molecule has 6 heteroatoms. The first kappa shape index (κ1) is 20.7. The van der Waals surface area contributed by atoms with Gasteiger partial charge in [-0.05, 0) is 69.7 Å². The molecule has 1 aromatic heterocycles. The van der Waals surface area contributed by atoms with Gasteiger partial charge in [-0.3, -0.25) is 4.79 Å². The predicted molar refractivity (Wildman–Crippen MR) is 120 cm³/mol. The van der Waals surface area contributed by atoms with Crippen molar-refractivity contribution in [3.05, 3.63) is 107 Å². The number of nitrogens with zero attached hydrogens (tertiary/aromatic N) is 2. The highest BCUT2D eigenvalue weighted by atomic mass is 79.9. The van der Waals surface area contributed by atoms with E-state index in [1.807, 2.05) is 24.3 Å². The third kappa shape index (κ3) is 4.50. The highest BCUT2D eigenvalue weighted by Gasteiger charge is 2.24. The quantitative estimate of drug-likeness (QED) is 0.373. The van der Waals surface area contributed by atoms with Gasteiger partial charge in [0, 0.05) is 23.6 Å². The van der Waals surface area contributed by atoms with Crippen molar-refractivity contribution in [1.29, 1.82) is 0 Å². The topological polar surface area (TPSA) is 51.4 Å². The van der Waals surface area contributed by atoms with Crippen LogP contribution in [0.3, 0.4) is 0 Å². The van der Waals surface area contributed by atoms with Gasteiger partial charge in [0.15, 0.2) is 0 Å². The van der Waals surface area contributed by atoms with Crippen LogP contribution in [-0.4, -0.2) is 4.57 Å². The Labute approximate surface area is 180 Å². The lowest BCUT2D eigenvalue weighted by atomic mass is 9.83. The summed E-state index contributed by atoms with van der Waals surface area (Å²) in [6.07, 6.45) is 2.20. The molecule has 4 nitrogen and oxygen atoms in total. The minimum absolute atomic E-state index is 0.00742. The van der Waals surface area contributed by atoms with Crippen LogP contribution in [0.5, 0.6) is 0 Å². The van der Waals surface area contributed by atoms with E-state index in [1.54, 1.807) is 19.3 Å². The molecule has 144 valence electrons. The first-order valence-corrected chi connectivity index (χ1v) is 10.5. The van der Waals surface area contributed by atoms with Crippen LogP contribution in [0.4, 0.5) is 0 Å². The van der Waals surface area contributed by atoms with Crippen molar-refractivity contribution in [2.45, 2.75) is 25.3 Å². The van der Waals surface area contributed by atoms with Gasteiger partial charge in [-0.1, -0.05) is 57.5 Å². The summed E-state index contributed by atoms with van der Waals surface area (Å²) in [5.74, 6) is 0.00742. The highest BCUT2D eigenvalue weighted by molar-refractivity contribution is 9.10. The zero-order valence-corrected chi connectivity index (χ0v) is 18.8. The van der Waals surface area contributed by atoms with Crippen LogP contribution in [0.2, 0.25) is 0 Å². The number of aromatic nitrogens is 1. The Hall–Kier alpha value is -2.05. The van der Waals surface area contributed by atoms with Crippen molar-refractivity contribution in [2.24, 2.45) is 12.2 Å². The number of halogens is 2. The zero-order valence-electron chi connectivity index (χ0n) is 15.6. The number of nitroso groups, excluding NO2 is 1. The molecule has 0 aliphatic heterocycles. The first-order valence-electron chi connectivity index (χ1n) is 8.90. The van der Waals surface area contributed by atoms with Crippen molar-refractivity contribution in [3.63, 3.8) is 0 Å². The molecule has 0 bridgehead atoms. The smallest absolute Gasteiger partial charge is 0.264 e. The third-order valence-corrected chi connectivity index (χ3v) is 6.06. The van der Waals surface area contributed by atoms with E-state index >= 15 is 0 Å². The van der Waals surface area contributed by atoms with Crippen molar-refractivity contribution < 1.29 is 0 Å². The molecule has 0 aliphatic rings. The molecule has 3 rings (SSSR count). The van der Waals surface area contributed by atoms with Crippen LogP contribution in [-0.2, 0) is 7.05 Å². The second-order valence-electron chi connectivity index (χ2n) is 6.86. The van der Waals surface area contributed by atoms with Gasteiger partial charge in [0.25, 0.3) is 5.56 Å². The van der Waals surface area contributed by atoms with Gasteiger partial charge in [-0.15, -0.1) is 0 Å². The van der Waals surface area contributed by atoms with Gasteiger partial charge in [-0.2, -0.15) is 4.91 Å². The van der Waals surface area contributed by atoms with E-state index in [2.05, 4.69) is 68.2 Å². The van der Waals surface area contributed by atoms with Gasteiger partial charge in [-0.25, -0.2) is 0 Å². The molecular weight excluding hydrogens is 484 g/mol. The van der Waals surface area contributed by atoms with Crippen molar-refractivity contribution >= 4 is 31.9 Å². The fourth-order valence-corrected chi connectivity index (χ4v) is 4.27. The summed E-state index contributed by atoms with van der Waals surface area (Å²) in [6.45, 7) is 2.08. The molecule has 0 fully saturated rings. The standard InChI is InChI=1S/C22H20Br2N2O2/c1-14-5-3-4-6-18(14)19(15-7-9-17(23)10-8-15)12-21(25-28)16-11-20(24)22(27)26(2)13-16/h3-11,13,19,21H,12H2,1-2H3/t19-,21?/m1/s1. The summed E-state index contributed by atoms with van der Waals surface area (Å²) in [5.41, 5.74) is 4.04. The summed E-state index contributed by atoms with van der Waals surface area (Å²) in [4.78, 5) is 23.8. The Morgan fingerprint density at radius 3 is 2.32 bits per heavy atom. The lowest BCUT2D eigenvalue weighted by Gasteiger charge is -2.23. The van der Waals surface area contributed by atoms with Crippen LogP contribution in [0, 0.1) is 11.8 Å². The van der Waals surface area contributed by atoms with Crippen molar-refractivity contribution in [3.8, 4) is 0 Å². The first-order chi connectivity index (χ1) is 13.4. The van der Waals surface area contributed by atoms with E-state index in [0.29, 0.717) is 10.9 Å². The molecule has 2 aromatic carbocycles. The average Bonchev–Trinajstić information content (AvgIpc) is 2.68. The van der Waals surface area contributed by atoms with E-state index in [1.165, 1.54) is 15.7 Å². The second-order valence-corrected chi connectivity index (χ2v) is 8.63. The maximum absolute atomic E-state index is 12.0. The van der Waals surface area contributed by atoms with Gasteiger partial charge < -0.3 is 4.57 Å². The molecule has 0 amide bonds. The Balaban J connectivity index is 2.05. The van der Waals surface area contributed by atoms with Gasteiger partial charge >= 0.3 is 0 Å². The van der Waals surface area contributed by atoms with Crippen LogP contribution in [0.1, 0.15) is 40.6 Å². The predicted octanol–water partition coefficient (Wildman–Crippen LogP) is 6.25. The maximum Gasteiger partial charge on any atom is 0.264 e. The fourth-order valence-electron chi connectivity index (χ4n) is 3.46. The van der Waals surface area contributed by atoms with Gasteiger partial charge in [0.1, 0.15) is 6.04 Å². The number of benzene rings is 2. The molecule has 3 aromatic rings. The number of pyridine rings is 1. The maximum atomic E-state index is 12.0. The summed E-state index contributed by atoms with van der Waals surface area (Å²) in [5, 5.41) is 3.41. The molecule has 0 saturated carbocycles. The summed E-state index contributed by atoms with van der Waals surface area (Å²) in [6, 6.07) is 17.5. The molecule has 2 atom stereocenters. The molecule has 1 unspecified atom stereocenters. The number of hydrogen-bond acceptors (Lipinski definition) is 3. The third-order valence-electron chi connectivity index (χ3n) is 4.97. The molecule has 0 N–H and O–H groups in total. The van der Waals surface area contributed by atoms with E-state index in [4.69, 9.17) is 0 Å². The van der Waals surface area contributed by atoms with Crippen LogP contribution >= 0.6 is 31.9 Å². The fraction of sp³-hybridized carbons (Fsp3) is 0.227. The van der Waals surface area contributed by atoms with Gasteiger partial charge in [0.2, 0.25) is 0 Å². The highest BCUT2D eigenvalue weighted by Crippen LogP contribution is 2.37. The molecule has 0 saturated heterocycles. The van der Waals surface area contributed by atoms with E-state index < -0.39 is 6.04 Å². The number of rotatable bonds is 6. The minimum atomic E-state index is -0.573. The molecule has 28 heavy (non-hydrogen) atoms. The minimum Gasteiger partial charge on any atom is -0.317 e. The Bertz CT molecular complexity index is 1020. The Kier molecular flexibility index (Phi) is 6.62. The molecule has 0 radical (unpaired) electrons. The van der Waals surface area contributed by atoms with Crippen molar-refractivity contribution in [2.75, 3.05) is 0 Å². The monoisotopic (exact) mass is 502 g/mol. The summed E-state index contributed by atoms with van der Waals surface area (Å²) in [7, 11) is 1.67. The molecular formula is C22H20Br2N2O2. The lowest BCUT2D eigenvalue weighted by molar-refractivity contribution is 0.586. The second kappa shape index (κ2) is 8.97.